The van der Waals surface area contributed by atoms with Gasteiger partial charge in [0.05, 0.1) is 16.6 Å². The second kappa shape index (κ2) is 7.10. The Bertz CT molecular complexity index is 1160. The zero-order chi connectivity index (χ0) is 17.9. The van der Waals surface area contributed by atoms with Crippen LogP contribution in [0.5, 0.6) is 0 Å². The molecule has 0 N–H and O–H groups in total. The van der Waals surface area contributed by atoms with Crippen LogP contribution in [0.15, 0.2) is 88.1 Å². The first-order valence-corrected chi connectivity index (χ1v) is 9.02. The van der Waals surface area contributed by atoms with Gasteiger partial charge in [-0.05, 0) is 48.0 Å². The van der Waals surface area contributed by atoms with Crippen LogP contribution < -0.4 is 5.56 Å². The van der Waals surface area contributed by atoms with Crippen molar-refractivity contribution in [3.8, 4) is 5.69 Å². The van der Waals surface area contributed by atoms with Gasteiger partial charge in [0, 0.05) is 4.47 Å². The summed E-state index contributed by atoms with van der Waals surface area (Å²) in [5, 5.41) is 0.607. The predicted octanol–water partition coefficient (Wildman–Crippen LogP) is 5.32. The van der Waals surface area contributed by atoms with E-state index in [-0.39, 0.29) is 5.56 Å². The number of hydrogen-bond donors (Lipinski definition) is 0. The van der Waals surface area contributed by atoms with E-state index in [1.165, 1.54) is 0 Å². The third-order valence-corrected chi connectivity index (χ3v) is 4.58. The van der Waals surface area contributed by atoms with Crippen LogP contribution in [0.4, 0.5) is 0 Å². The van der Waals surface area contributed by atoms with Crippen LogP contribution >= 0.6 is 15.9 Å². The molecule has 126 valence electrons. The average molecular weight is 403 g/mol. The quantitative estimate of drug-likeness (QED) is 0.464. The van der Waals surface area contributed by atoms with Crippen LogP contribution in [0.25, 0.3) is 28.7 Å². The highest BCUT2D eigenvalue weighted by atomic mass is 79.9. The molecule has 0 atom stereocenters. The number of para-hydroxylation sites is 2. The Kier molecular flexibility index (Phi) is 4.50. The first-order chi connectivity index (χ1) is 12.7. The minimum atomic E-state index is -0.0734. The SMILES string of the molecule is O=c1c2ccccc2nc(/C=C\c2cccc(Br)c2)n1-c1ccccc1. The summed E-state index contributed by atoms with van der Waals surface area (Å²) in [6, 6.07) is 25.0. The first kappa shape index (κ1) is 16.5. The standard InChI is InChI=1S/C22H15BrN2O/c23-17-8-6-7-16(15-17)13-14-21-24-20-12-5-4-11-19(20)22(26)25(21)18-9-2-1-3-10-18/h1-15H/b14-13-. The largest absolute Gasteiger partial charge is 0.268 e. The van der Waals surface area contributed by atoms with Crippen molar-refractivity contribution >= 4 is 39.0 Å². The molecule has 0 aliphatic rings. The van der Waals surface area contributed by atoms with E-state index in [1.54, 1.807) is 4.57 Å². The van der Waals surface area contributed by atoms with Gasteiger partial charge >= 0.3 is 0 Å². The Morgan fingerprint density at radius 1 is 0.846 bits per heavy atom. The van der Waals surface area contributed by atoms with Crippen molar-refractivity contribution in [3.63, 3.8) is 0 Å². The predicted molar refractivity (Wildman–Crippen MR) is 110 cm³/mol. The lowest BCUT2D eigenvalue weighted by molar-refractivity contribution is 0.944. The topological polar surface area (TPSA) is 34.9 Å². The molecule has 4 rings (SSSR count). The second-order valence-electron chi connectivity index (χ2n) is 5.85. The van der Waals surface area contributed by atoms with Gasteiger partial charge in [-0.1, -0.05) is 64.5 Å². The molecule has 1 heterocycles. The molecule has 0 aliphatic carbocycles. The molecule has 3 aromatic carbocycles. The number of halogens is 1. The van der Waals surface area contributed by atoms with E-state index in [0.29, 0.717) is 16.7 Å². The molecule has 0 saturated carbocycles. The van der Waals surface area contributed by atoms with Crippen molar-refractivity contribution < 1.29 is 0 Å². The van der Waals surface area contributed by atoms with Gasteiger partial charge in [0.25, 0.3) is 5.56 Å². The highest BCUT2D eigenvalue weighted by Crippen LogP contribution is 2.17. The van der Waals surface area contributed by atoms with E-state index in [2.05, 4.69) is 15.9 Å². The molecular weight excluding hydrogens is 388 g/mol. The van der Waals surface area contributed by atoms with Gasteiger partial charge in [0.2, 0.25) is 0 Å². The van der Waals surface area contributed by atoms with E-state index in [0.717, 1.165) is 15.7 Å². The summed E-state index contributed by atoms with van der Waals surface area (Å²) in [6.07, 6.45) is 3.84. The Morgan fingerprint density at radius 3 is 2.42 bits per heavy atom. The molecule has 0 radical (unpaired) electrons. The molecular formula is C22H15BrN2O. The van der Waals surface area contributed by atoms with Crippen LogP contribution in [0.3, 0.4) is 0 Å². The van der Waals surface area contributed by atoms with E-state index >= 15 is 0 Å². The second-order valence-corrected chi connectivity index (χ2v) is 6.77. The summed E-state index contributed by atoms with van der Waals surface area (Å²) < 4.78 is 2.66. The fourth-order valence-electron chi connectivity index (χ4n) is 2.87. The molecule has 4 aromatic rings. The fraction of sp³-hybridized carbons (Fsp3) is 0. The Labute approximate surface area is 159 Å². The summed E-state index contributed by atoms with van der Waals surface area (Å²) in [4.78, 5) is 17.8. The van der Waals surface area contributed by atoms with Gasteiger partial charge in [-0.3, -0.25) is 9.36 Å². The lowest BCUT2D eigenvalue weighted by Crippen LogP contribution is -2.22. The molecule has 0 aliphatic heterocycles. The maximum absolute atomic E-state index is 13.1. The lowest BCUT2D eigenvalue weighted by atomic mass is 10.2. The van der Waals surface area contributed by atoms with Gasteiger partial charge in [0.15, 0.2) is 0 Å². The highest BCUT2D eigenvalue weighted by molar-refractivity contribution is 9.10. The third-order valence-electron chi connectivity index (χ3n) is 4.09. The molecule has 0 fully saturated rings. The smallest absolute Gasteiger partial charge is 0.266 e. The van der Waals surface area contributed by atoms with Crippen molar-refractivity contribution in [2.24, 2.45) is 0 Å². The van der Waals surface area contributed by atoms with Gasteiger partial charge < -0.3 is 0 Å². The molecule has 1 aromatic heterocycles. The number of hydrogen-bond acceptors (Lipinski definition) is 2. The van der Waals surface area contributed by atoms with Gasteiger partial charge in [-0.15, -0.1) is 0 Å². The van der Waals surface area contributed by atoms with Crippen LogP contribution in [0, 0.1) is 0 Å². The number of aromatic nitrogens is 2. The van der Waals surface area contributed by atoms with Crippen molar-refractivity contribution in [1.29, 1.82) is 0 Å². The molecule has 0 saturated heterocycles. The van der Waals surface area contributed by atoms with Crippen LogP contribution in [-0.4, -0.2) is 9.55 Å². The highest BCUT2D eigenvalue weighted by Gasteiger charge is 2.10. The van der Waals surface area contributed by atoms with Crippen LogP contribution in [-0.2, 0) is 0 Å². The van der Waals surface area contributed by atoms with Crippen LogP contribution in [0.2, 0.25) is 0 Å². The maximum Gasteiger partial charge on any atom is 0.266 e. The fourth-order valence-corrected chi connectivity index (χ4v) is 3.29. The average Bonchev–Trinajstić information content (AvgIpc) is 2.67. The molecule has 4 heteroatoms. The van der Waals surface area contributed by atoms with Crippen molar-refractivity contribution in [2.45, 2.75) is 0 Å². The molecule has 0 bridgehead atoms. The van der Waals surface area contributed by atoms with Gasteiger partial charge in [-0.25, -0.2) is 4.98 Å². The zero-order valence-corrected chi connectivity index (χ0v) is 15.4. The van der Waals surface area contributed by atoms with Gasteiger partial charge in [-0.2, -0.15) is 0 Å². The third kappa shape index (κ3) is 3.24. The number of rotatable bonds is 3. The minimum Gasteiger partial charge on any atom is -0.268 e. The number of fused-ring (bicyclic) bond motifs is 1. The molecule has 0 unspecified atom stereocenters. The monoisotopic (exact) mass is 402 g/mol. The van der Waals surface area contributed by atoms with Crippen LogP contribution in [0.1, 0.15) is 11.4 Å². The molecule has 0 spiro atoms. The van der Waals surface area contributed by atoms with E-state index in [1.807, 2.05) is 91.0 Å². The summed E-state index contributed by atoms with van der Waals surface area (Å²) in [6.45, 7) is 0. The summed E-state index contributed by atoms with van der Waals surface area (Å²) >= 11 is 3.48. The summed E-state index contributed by atoms with van der Waals surface area (Å²) in [5.41, 5.74) is 2.44. The van der Waals surface area contributed by atoms with Crippen molar-refractivity contribution in [3.05, 3.63) is 105 Å². The van der Waals surface area contributed by atoms with Crippen molar-refractivity contribution in [2.75, 3.05) is 0 Å². The molecule has 3 nitrogen and oxygen atoms in total. The van der Waals surface area contributed by atoms with E-state index < -0.39 is 0 Å². The van der Waals surface area contributed by atoms with E-state index in [4.69, 9.17) is 4.98 Å². The Morgan fingerprint density at radius 2 is 1.62 bits per heavy atom. The number of benzene rings is 3. The lowest BCUT2D eigenvalue weighted by Gasteiger charge is -2.11. The summed E-state index contributed by atoms with van der Waals surface area (Å²) in [7, 11) is 0. The van der Waals surface area contributed by atoms with Gasteiger partial charge in [0.1, 0.15) is 5.82 Å². The minimum absolute atomic E-state index is 0.0734. The molecule has 0 amide bonds. The van der Waals surface area contributed by atoms with E-state index in [9.17, 15) is 4.79 Å². The Hall–Kier alpha value is -2.98. The normalized spacial score (nSPS) is 11.3. The first-order valence-electron chi connectivity index (χ1n) is 8.23. The Balaban J connectivity index is 1.94. The summed E-state index contributed by atoms with van der Waals surface area (Å²) in [5.74, 6) is 0.597. The maximum atomic E-state index is 13.1. The van der Waals surface area contributed by atoms with Crippen molar-refractivity contribution in [1.82, 2.24) is 9.55 Å². The zero-order valence-electron chi connectivity index (χ0n) is 13.8. The molecule has 26 heavy (non-hydrogen) atoms. The number of nitrogens with zero attached hydrogens (tertiary/aromatic N) is 2.